The van der Waals surface area contributed by atoms with Crippen molar-refractivity contribution in [1.82, 2.24) is 0 Å². The molecule has 0 amide bonds. The maximum Gasteiger partial charge on any atom is 0.308 e. The largest absolute Gasteiger partial charge is 0.481 e. The van der Waals surface area contributed by atoms with Crippen molar-refractivity contribution < 1.29 is 14.6 Å². The Balaban J connectivity index is 0.000001000. The maximum absolute atomic E-state index is 10.4. The number of hydrogen-bond donors (Lipinski definition) is 2. The number of carboxylic acids is 1. The second-order valence-corrected chi connectivity index (χ2v) is 2.47. The first-order valence-electron chi connectivity index (χ1n) is 3.28. The topological polar surface area (TPSA) is 72.5 Å². The van der Waals surface area contributed by atoms with Gasteiger partial charge in [-0.3, -0.25) is 4.79 Å². The van der Waals surface area contributed by atoms with Gasteiger partial charge in [-0.05, 0) is 6.42 Å². The first kappa shape index (κ1) is 10.7. The SMILES string of the molecule is Cl.N[C@@H]1COCC[C@@H]1C(=O)O. The van der Waals surface area contributed by atoms with Crippen molar-refractivity contribution >= 4 is 18.4 Å². The van der Waals surface area contributed by atoms with E-state index in [1.54, 1.807) is 0 Å². The van der Waals surface area contributed by atoms with Crippen LogP contribution in [-0.4, -0.2) is 30.3 Å². The fraction of sp³-hybridized carbons (Fsp3) is 0.833. The van der Waals surface area contributed by atoms with Crippen LogP contribution in [0, 0.1) is 5.92 Å². The van der Waals surface area contributed by atoms with Gasteiger partial charge in [0.05, 0.1) is 12.5 Å². The number of carbonyl (C=O) groups is 1. The van der Waals surface area contributed by atoms with Gasteiger partial charge in [0.15, 0.2) is 0 Å². The molecule has 0 aromatic heterocycles. The molecule has 0 radical (unpaired) electrons. The molecule has 66 valence electrons. The molecule has 2 atom stereocenters. The van der Waals surface area contributed by atoms with Crippen molar-refractivity contribution in [2.75, 3.05) is 13.2 Å². The van der Waals surface area contributed by atoms with E-state index < -0.39 is 11.9 Å². The fourth-order valence-electron chi connectivity index (χ4n) is 1.07. The fourth-order valence-corrected chi connectivity index (χ4v) is 1.07. The van der Waals surface area contributed by atoms with E-state index in [4.69, 9.17) is 15.6 Å². The summed E-state index contributed by atoms with van der Waals surface area (Å²) < 4.78 is 4.97. The molecule has 0 aromatic rings. The van der Waals surface area contributed by atoms with E-state index in [0.29, 0.717) is 19.6 Å². The maximum atomic E-state index is 10.4. The van der Waals surface area contributed by atoms with Crippen LogP contribution in [0.3, 0.4) is 0 Å². The molecule has 5 heteroatoms. The van der Waals surface area contributed by atoms with Crippen molar-refractivity contribution in [1.29, 1.82) is 0 Å². The number of ether oxygens (including phenoxy) is 1. The molecule has 11 heavy (non-hydrogen) atoms. The zero-order valence-corrected chi connectivity index (χ0v) is 6.84. The van der Waals surface area contributed by atoms with E-state index in [2.05, 4.69) is 0 Å². The molecule has 3 N–H and O–H groups in total. The Hall–Kier alpha value is -0.320. The average Bonchev–Trinajstić information content (AvgIpc) is 1.88. The summed E-state index contributed by atoms with van der Waals surface area (Å²) in [6.45, 7) is 0.891. The van der Waals surface area contributed by atoms with Gasteiger partial charge in [-0.2, -0.15) is 0 Å². The molecule has 1 fully saturated rings. The third-order valence-electron chi connectivity index (χ3n) is 1.72. The van der Waals surface area contributed by atoms with Gasteiger partial charge in [0.2, 0.25) is 0 Å². The first-order valence-corrected chi connectivity index (χ1v) is 3.28. The lowest BCUT2D eigenvalue weighted by molar-refractivity contribution is -0.145. The van der Waals surface area contributed by atoms with Crippen LogP contribution in [0.1, 0.15) is 6.42 Å². The van der Waals surface area contributed by atoms with Crippen LogP contribution < -0.4 is 5.73 Å². The predicted molar refractivity (Wildman–Crippen MR) is 41.8 cm³/mol. The van der Waals surface area contributed by atoms with Crippen molar-refractivity contribution in [3.63, 3.8) is 0 Å². The minimum atomic E-state index is -0.809. The number of rotatable bonds is 1. The van der Waals surface area contributed by atoms with Gasteiger partial charge in [-0.15, -0.1) is 12.4 Å². The number of hydrogen-bond acceptors (Lipinski definition) is 3. The van der Waals surface area contributed by atoms with Crippen molar-refractivity contribution in [3.05, 3.63) is 0 Å². The molecule has 0 unspecified atom stereocenters. The van der Waals surface area contributed by atoms with Gasteiger partial charge >= 0.3 is 5.97 Å². The van der Waals surface area contributed by atoms with Crippen LogP contribution in [0.2, 0.25) is 0 Å². The Morgan fingerprint density at radius 2 is 2.27 bits per heavy atom. The van der Waals surface area contributed by atoms with Gasteiger partial charge in [-0.1, -0.05) is 0 Å². The lowest BCUT2D eigenvalue weighted by Crippen LogP contribution is -2.43. The molecule has 0 aliphatic carbocycles. The monoisotopic (exact) mass is 181 g/mol. The normalized spacial score (nSPS) is 30.6. The lowest BCUT2D eigenvalue weighted by atomic mass is 9.96. The zero-order valence-electron chi connectivity index (χ0n) is 6.03. The summed E-state index contributed by atoms with van der Waals surface area (Å²) >= 11 is 0. The molecule has 1 rings (SSSR count). The number of nitrogens with two attached hydrogens (primary N) is 1. The number of halogens is 1. The molecule has 4 nitrogen and oxygen atoms in total. The van der Waals surface area contributed by atoms with Gasteiger partial charge < -0.3 is 15.6 Å². The highest BCUT2D eigenvalue weighted by Gasteiger charge is 2.28. The zero-order chi connectivity index (χ0) is 7.56. The highest BCUT2D eigenvalue weighted by atomic mass is 35.5. The molecule has 0 aromatic carbocycles. The second kappa shape index (κ2) is 4.54. The Labute approximate surface area is 71.1 Å². The third-order valence-corrected chi connectivity index (χ3v) is 1.72. The minimum absolute atomic E-state index is 0. The predicted octanol–water partition coefficient (Wildman–Crippen LogP) is -0.143. The van der Waals surface area contributed by atoms with Crippen LogP contribution in [0.5, 0.6) is 0 Å². The van der Waals surface area contributed by atoms with Crippen LogP contribution in [0.25, 0.3) is 0 Å². The van der Waals surface area contributed by atoms with Crippen molar-refractivity contribution in [2.24, 2.45) is 11.7 Å². The summed E-state index contributed by atoms with van der Waals surface area (Å²) in [5.74, 6) is -1.22. The molecular weight excluding hydrogens is 170 g/mol. The molecule has 1 saturated heterocycles. The van der Waals surface area contributed by atoms with Crippen LogP contribution in [0.4, 0.5) is 0 Å². The second-order valence-electron chi connectivity index (χ2n) is 2.47. The van der Waals surface area contributed by atoms with Crippen LogP contribution in [0.15, 0.2) is 0 Å². The number of aliphatic carboxylic acids is 1. The molecule has 1 heterocycles. The van der Waals surface area contributed by atoms with Gasteiger partial charge in [0, 0.05) is 12.6 Å². The van der Waals surface area contributed by atoms with E-state index in [9.17, 15) is 4.79 Å². The summed E-state index contributed by atoms with van der Waals surface area (Å²) in [4.78, 5) is 10.4. The first-order chi connectivity index (χ1) is 4.72. The summed E-state index contributed by atoms with van der Waals surface area (Å²) in [7, 11) is 0. The highest BCUT2D eigenvalue weighted by Crippen LogP contribution is 2.13. The van der Waals surface area contributed by atoms with E-state index in [0.717, 1.165) is 0 Å². The molecule has 0 bridgehead atoms. The Morgan fingerprint density at radius 3 is 2.64 bits per heavy atom. The molecular formula is C6H12ClNO3. The Morgan fingerprint density at radius 1 is 1.64 bits per heavy atom. The van der Waals surface area contributed by atoms with Gasteiger partial charge in [0.1, 0.15) is 0 Å². The van der Waals surface area contributed by atoms with Gasteiger partial charge in [-0.25, -0.2) is 0 Å². The van der Waals surface area contributed by atoms with E-state index in [1.807, 2.05) is 0 Å². The highest BCUT2D eigenvalue weighted by molar-refractivity contribution is 5.85. The van der Waals surface area contributed by atoms with E-state index in [-0.39, 0.29) is 18.4 Å². The quantitative estimate of drug-likeness (QED) is 0.591. The lowest BCUT2D eigenvalue weighted by Gasteiger charge is -2.24. The molecule has 0 saturated carbocycles. The average molecular weight is 182 g/mol. The van der Waals surface area contributed by atoms with Crippen molar-refractivity contribution in [2.45, 2.75) is 12.5 Å². The van der Waals surface area contributed by atoms with E-state index >= 15 is 0 Å². The smallest absolute Gasteiger partial charge is 0.308 e. The Kier molecular flexibility index (Phi) is 4.40. The van der Waals surface area contributed by atoms with Gasteiger partial charge in [0.25, 0.3) is 0 Å². The molecule has 0 spiro atoms. The summed E-state index contributed by atoms with van der Waals surface area (Å²) in [5.41, 5.74) is 5.47. The Bertz CT molecular complexity index is 142. The summed E-state index contributed by atoms with van der Waals surface area (Å²) in [6, 6.07) is -0.328. The molecule has 1 aliphatic rings. The van der Waals surface area contributed by atoms with Crippen molar-refractivity contribution in [3.8, 4) is 0 Å². The summed E-state index contributed by atoms with van der Waals surface area (Å²) in [6.07, 6.45) is 0.538. The van der Waals surface area contributed by atoms with E-state index in [1.165, 1.54) is 0 Å². The number of carboxylic acid groups (broad SMARTS) is 1. The van der Waals surface area contributed by atoms with Crippen LogP contribution in [-0.2, 0) is 9.53 Å². The molecule has 1 aliphatic heterocycles. The standard InChI is InChI=1S/C6H11NO3.ClH/c7-5-3-10-2-1-4(5)6(8)9;/h4-5H,1-3,7H2,(H,8,9);1H/t4-,5+;/m0./s1. The summed E-state index contributed by atoms with van der Waals surface area (Å²) in [5, 5.41) is 8.57. The minimum Gasteiger partial charge on any atom is -0.481 e. The third kappa shape index (κ3) is 2.65. The van der Waals surface area contributed by atoms with Crippen LogP contribution >= 0.6 is 12.4 Å².